The quantitative estimate of drug-likeness (QED) is 0.888. The molecule has 2 saturated carbocycles. The predicted molar refractivity (Wildman–Crippen MR) is 78.8 cm³/mol. The van der Waals surface area contributed by atoms with Crippen molar-refractivity contribution in [2.24, 2.45) is 16.7 Å². The third-order valence-corrected chi connectivity index (χ3v) is 6.38. The second kappa shape index (κ2) is 4.31. The topological polar surface area (TPSA) is 24.9 Å². The number of nitrogens with one attached hydrogen (secondary N) is 1. The zero-order valence-corrected chi connectivity index (χ0v) is 12.6. The van der Waals surface area contributed by atoms with Crippen LogP contribution in [-0.4, -0.2) is 11.0 Å². The van der Waals surface area contributed by atoms with E-state index in [1.54, 1.807) is 0 Å². The van der Waals surface area contributed by atoms with Crippen LogP contribution in [0.15, 0.2) is 24.4 Å². The fraction of sp³-hybridized carbons (Fsp3) is 0.706. The van der Waals surface area contributed by atoms with Crippen LogP contribution in [0.1, 0.15) is 58.7 Å². The third kappa shape index (κ3) is 1.84. The van der Waals surface area contributed by atoms with E-state index in [1.807, 2.05) is 12.3 Å². The Morgan fingerprint density at radius 2 is 2.11 bits per heavy atom. The van der Waals surface area contributed by atoms with Crippen LogP contribution in [0.5, 0.6) is 0 Å². The molecule has 0 aromatic carbocycles. The molecule has 2 bridgehead atoms. The predicted octanol–water partition coefficient (Wildman–Crippen LogP) is 3.95. The first kappa shape index (κ1) is 13.1. The summed E-state index contributed by atoms with van der Waals surface area (Å²) in [6.07, 6.45) is 6.01. The van der Waals surface area contributed by atoms with E-state index in [0.717, 1.165) is 11.6 Å². The zero-order chi connectivity index (χ0) is 13.7. The van der Waals surface area contributed by atoms with Gasteiger partial charge in [-0.25, -0.2) is 0 Å². The van der Waals surface area contributed by atoms with Gasteiger partial charge in [0.1, 0.15) is 0 Å². The van der Waals surface area contributed by atoms with Crippen LogP contribution in [0.4, 0.5) is 0 Å². The average Bonchev–Trinajstić information content (AvgIpc) is 2.73. The molecule has 3 rings (SSSR count). The Kier molecular flexibility index (Phi) is 2.97. The standard InChI is InChI=1S/C17H26N2/c1-12(14-7-5-6-10-18-14)19-15-11-13-8-9-17(15,4)16(13,2)3/h5-7,10,12-13,15,19H,8-9,11H2,1-4H3. The van der Waals surface area contributed by atoms with Crippen LogP contribution < -0.4 is 5.32 Å². The lowest BCUT2D eigenvalue weighted by atomic mass is 9.69. The minimum Gasteiger partial charge on any atom is -0.305 e. The summed E-state index contributed by atoms with van der Waals surface area (Å²) in [5, 5.41) is 3.86. The van der Waals surface area contributed by atoms with Crippen molar-refractivity contribution in [2.45, 2.75) is 59.0 Å². The van der Waals surface area contributed by atoms with Crippen molar-refractivity contribution in [3.8, 4) is 0 Å². The highest BCUT2D eigenvalue weighted by atomic mass is 15.0. The molecule has 4 unspecified atom stereocenters. The Hall–Kier alpha value is -0.890. The van der Waals surface area contributed by atoms with Crippen molar-refractivity contribution in [1.29, 1.82) is 0 Å². The number of rotatable bonds is 3. The number of fused-ring (bicyclic) bond motifs is 2. The first-order valence-corrected chi connectivity index (χ1v) is 7.62. The monoisotopic (exact) mass is 258 g/mol. The highest BCUT2D eigenvalue weighted by molar-refractivity contribution is 5.15. The molecule has 2 fully saturated rings. The van der Waals surface area contributed by atoms with E-state index in [9.17, 15) is 0 Å². The van der Waals surface area contributed by atoms with Gasteiger partial charge in [0.25, 0.3) is 0 Å². The largest absolute Gasteiger partial charge is 0.305 e. The highest BCUT2D eigenvalue weighted by Crippen LogP contribution is 2.65. The lowest BCUT2D eigenvalue weighted by Gasteiger charge is -2.40. The molecule has 1 heterocycles. The van der Waals surface area contributed by atoms with E-state index in [0.29, 0.717) is 22.9 Å². The molecule has 4 atom stereocenters. The molecular formula is C17H26N2. The van der Waals surface area contributed by atoms with Gasteiger partial charge in [0, 0.05) is 18.3 Å². The van der Waals surface area contributed by atoms with Crippen molar-refractivity contribution in [2.75, 3.05) is 0 Å². The molecule has 1 aromatic heterocycles. The van der Waals surface area contributed by atoms with Gasteiger partial charge in [0.15, 0.2) is 0 Å². The third-order valence-electron chi connectivity index (χ3n) is 6.38. The molecule has 104 valence electrons. The van der Waals surface area contributed by atoms with Crippen molar-refractivity contribution in [3.05, 3.63) is 30.1 Å². The maximum atomic E-state index is 4.48. The summed E-state index contributed by atoms with van der Waals surface area (Å²) in [6, 6.07) is 7.17. The summed E-state index contributed by atoms with van der Waals surface area (Å²) < 4.78 is 0. The van der Waals surface area contributed by atoms with Crippen molar-refractivity contribution in [3.63, 3.8) is 0 Å². The summed E-state index contributed by atoms with van der Waals surface area (Å²) in [7, 11) is 0. The number of hydrogen-bond acceptors (Lipinski definition) is 2. The van der Waals surface area contributed by atoms with Crippen molar-refractivity contribution < 1.29 is 0 Å². The maximum absolute atomic E-state index is 4.48. The summed E-state index contributed by atoms with van der Waals surface area (Å²) in [5.41, 5.74) is 2.08. The molecule has 2 aliphatic rings. The molecule has 1 aromatic rings. The first-order chi connectivity index (χ1) is 8.95. The van der Waals surface area contributed by atoms with Gasteiger partial charge in [0.05, 0.1) is 5.69 Å². The van der Waals surface area contributed by atoms with E-state index in [-0.39, 0.29) is 0 Å². The molecule has 2 nitrogen and oxygen atoms in total. The first-order valence-electron chi connectivity index (χ1n) is 7.62. The molecule has 19 heavy (non-hydrogen) atoms. The minimum atomic E-state index is 0.346. The van der Waals surface area contributed by atoms with Crippen LogP contribution in [0.25, 0.3) is 0 Å². The van der Waals surface area contributed by atoms with Crippen LogP contribution in [-0.2, 0) is 0 Å². The Morgan fingerprint density at radius 1 is 1.32 bits per heavy atom. The normalized spacial score (nSPS) is 37.5. The lowest BCUT2D eigenvalue weighted by Crippen LogP contribution is -2.45. The van der Waals surface area contributed by atoms with E-state index < -0.39 is 0 Å². The summed E-state index contributed by atoms with van der Waals surface area (Å²) in [6.45, 7) is 9.67. The Balaban J connectivity index is 1.76. The SMILES string of the molecule is CC(NC1CC2CCC1(C)C2(C)C)c1ccccn1. The van der Waals surface area contributed by atoms with E-state index >= 15 is 0 Å². The average molecular weight is 258 g/mol. The summed E-state index contributed by atoms with van der Waals surface area (Å²) >= 11 is 0. The smallest absolute Gasteiger partial charge is 0.0570 e. The van der Waals surface area contributed by atoms with Crippen molar-refractivity contribution in [1.82, 2.24) is 10.3 Å². The second-order valence-electron chi connectivity index (χ2n) is 7.31. The summed E-state index contributed by atoms with van der Waals surface area (Å²) in [4.78, 5) is 4.48. The van der Waals surface area contributed by atoms with Crippen LogP contribution in [0, 0.1) is 16.7 Å². The van der Waals surface area contributed by atoms with Gasteiger partial charge < -0.3 is 5.32 Å². The molecule has 2 aliphatic carbocycles. The van der Waals surface area contributed by atoms with Crippen LogP contribution in [0.2, 0.25) is 0 Å². The van der Waals surface area contributed by atoms with Gasteiger partial charge in [0.2, 0.25) is 0 Å². The van der Waals surface area contributed by atoms with E-state index in [1.165, 1.54) is 19.3 Å². The van der Waals surface area contributed by atoms with Gasteiger partial charge >= 0.3 is 0 Å². The van der Waals surface area contributed by atoms with Crippen LogP contribution in [0.3, 0.4) is 0 Å². The Labute approximate surface area is 117 Å². The molecule has 0 amide bonds. The van der Waals surface area contributed by atoms with Gasteiger partial charge in [-0.3, -0.25) is 4.98 Å². The molecule has 2 heteroatoms. The number of nitrogens with zero attached hydrogens (tertiary/aromatic N) is 1. The van der Waals surface area contributed by atoms with Gasteiger partial charge in [-0.1, -0.05) is 26.8 Å². The second-order valence-corrected chi connectivity index (χ2v) is 7.31. The van der Waals surface area contributed by atoms with Gasteiger partial charge in [-0.05, 0) is 55.1 Å². The fourth-order valence-corrected chi connectivity index (χ4v) is 4.48. The number of aromatic nitrogens is 1. The van der Waals surface area contributed by atoms with E-state index in [2.05, 4.69) is 50.1 Å². The fourth-order valence-electron chi connectivity index (χ4n) is 4.48. The minimum absolute atomic E-state index is 0.346. The van der Waals surface area contributed by atoms with Crippen LogP contribution >= 0.6 is 0 Å². The molecule has 0 saturated heterocycles. The molecule has 1 N–H and O–H groups in total. The molecule has 0 aliphatic heterocycles. The van der Waals surface area contributed by atoms with Gasteiger partial charge in [-0.2, -0.15) is 0 Å². The Morgan fingerprint density at radius 3 is 2.63 bits per heavy atom. The maximum Gasteiger partial charge on any atom is 0.0570 e. The van der Waals surface area contributed by atoms with E-state index in [4.69, 9.17) is 0 Å². The zero-order valence-electron chi connectivity index (χ0n) is 12.6. The highest BCUT2D eigenvalue weighted by Gasteiger charge is 2.61. The molecule has 0 spiro atoms. The lowest BCUT2D eigenvalue weighted by molar-refractivity contribution is 0.116. The number of hydrogen-bond donors (Lipinski definition) is 1. The molecular weight excluding hydrogens is 232 g/mol. The Bertz CT molecular complexity index is 454. The molecule has 0 radical (unpaired) electrons. The summed E-state index contributed by atoms with van der Waals surface area (Å²) in [5.74, 6) is 0.894. The number of pyridine rings is 1. The van der Waals surface area contributed by atoms with Gasteiger partial charge in [-0.15, -0.1) is 0 Å². The van der Waals surface area contributed by atoms with Crippen molar-refractivity contribution >= 4 is 0 Å².